The predicted molar refractivity (Wildman–Crippen MR) is 107 cm³/mol. The van der Waals surface area contributed by atoms with Crippen LogP contribution in [0.3, 0.4) is 0 Å². The summed E-state index contributed by atoms with van der Waals surface area (Å²) < 4.78 is 2.54. The lowest BCUT2D eigenvalue weighted by Gasteiger charge is -2.28. The summed E-state index contributed by atoms with van der Waals surface area (Å²) in [6, 6.07) is 14.7. The Balaban J connectivity index is 1.68. The summed E-state index contributed by atoms with van der Waals surface area (Å²) >= 11 is 1.80. The van der Waals surface area contributed by atoms with Crippen LogP contribution >= 0.6 is 11.3 Å². The number of aliphatic hydroxyl groups is 1. The molecule has 3 nitrogen and oxygen atoms in total. The van der Waals surface area contributed by atoms with Crippen LogP contribution in [0.2, 0.25) is 0 Å². The maximum atomic E-state index is 11.1. The first-order valence-corrected chi connectivity index (χ1v) is 9.91. The Morgan fingerprint density at radius 3 is 2.72 bits per heavy atom. The number of fused-ring (bicyclic) bond motifs is 3. The number of nitrogens with zero attached hydrogens (tertiary/aromatic N) is 1. The third kappa shape index (κ3) is 3.42. The molecule has 1 unspecified atom stereocenters. The molecule has 1 aromatic heterocycles. The van der Waals surface area contributed by atoms with Gasteiger partial charge < -0.3 is 10.4 Å². The van der Waals surface area contributed by atoms with Crippen molar-refractivity contribution in [3.8, 4) is 0 Å². The molecule has 4 rings (SSSR count). The summed E-state index contributed by atoms with van der Waals surface area (Å²) in [5.41, 5.74) is -0.233. The van der Waals surface area contributed by atoms with Crippen molar-refractivity contribution in [2.75, 3.05) is 6.54 Å². The Morgan fingerprint density at radius 1 is 1.00 bits per heavy atom. The maximum Gasteiger partial charge on any atom is 0.159 e. The van der Waals surface area contributed by atoms with Gasteiger partial charge in [-0.15, -0.1) is 11.3 Å². The van der Waals surface area contributed by atoms with Crippen LogP contribution in [0.25, 0.3) is 20.2 Å². The lowest BCUT2D eigenvalue weighted by Crippen LogP contribution is -2.43. The number of benzene rings is 2. The minimum atomic E-state index is -1.12. The molecule has 1 aliphatic heterocycles. The van der Waals surface area contributed by atoms with Crippen LogP contribution in [0.4, 0.5) is 0 Å². The third-order valence-electron chi connectivity index (χ3n) is 4.95. The molecule has 1 aliphatic rings. The minimum Gasteiger partial charge on any atom is -0.367 e. The molecule has 0 spiro atoms. The highest BCUT2D eigenvalue weighted by atomic mass is 32.1. The zero-order chi connectivity index (χ0) is 17.3. The van der Waals surface area contributed by atoms with Gasteiger partial charge in [0, 0.05) is 38.7 Å². The second-order valence-electron chi connectivity index (χ2n) is 7.00. The van der Waals surface area contributed by atoms with Gasteiger partial charge in [0.25, 0.3) is 0 Å². The lowest BCUT2D eigenvalue weighted by atomic mass is 10.0. The van der Waals surface area contributed by atoms with E-state index in [0.29, 0.717) is 0 Å². The summed E-state index contributed by atoms with van der Waals surface area (Å²) in [6.07, 6.45) is 5.70. The Kier molecular flexibility index (Phi) is 4.48. The van der Waals surface area contributed by atoms with E-state index in [1.165, 1.54) is 33.0 Å². The predicted octanol–water partition coefficient (Wildman–Crippen LogP) is 5.17. The van der Waals surface area contributed by atoms with E-state index >= 15 is 0 Å². The topological polar surface area (TPSA) is 44.6 Å². The molecule has 0 radical (unpaired) electrons. The van der Waals surface area contributed by atoms with Crippen LogP contribution in [0, 0.1) is 0 Å². The molecule has 0 aliphatic carbocycles. The Hall–Kier alpha value is -1.91. The van der Waals surface area contributed by atoms with Crippen molar-refractivity contribution in [1.82, 2.24) is 5.32 Å². The van der Waals surface area contributed by atoms with Gasteiger partial charge >= 0.3 is 0 Å². The summed E-state index contributed by atoms with van der Waals surface area (Å²) in [5.74, 6) is 0.931. The van der Waals surface area contributed by atoms with Crippen LogP contribution in [0.1, 0.15) is 44.6 Å². The number of amidine groups is 1. The molecule has 2 aromatic carbocycles. The number of rotatable bonds is 2. The van der Waals surface area contributed by atoms with Gasteiger partial charge in [-0.25, -0.2) is 0 Å². The summed E-state index contributed by atoms with van der Waals surface area (Å²) in [5, 5.41) is 16.8. The molecular weight excluding hydrogens is 328 g/mol. The van der Waals surface area contributed by atoms with Gasteiger partial charge in [-0.05, 0) is 38.0 Å². The van der Waals surface area contributed by atoms with E-state index in [4.69, 9.17) is 0 Å². The van der Waals surface area contributed by atoms with Crippen LogP contribution in [-0.4, -0.2) is 17.5 Å². The van der Waals surface area contributed by atoms with Crippen LogP contribution in [0.15, 0.2) is 47.5 Å². The summed E-state index contributed by atoms with van der Waals surface area (Å²) in [4.78, 5) is 4.64. The van der Waals surface area contributed by atoms with Crippen molar-refractivity contribution >= 4 is 37.3 Å². The van der Waals surface area contributed by atoms with Gasteiger partial charge in [0.15, 0.2) is 5.72 Å². The number of thiophene rings is 1. The number of aliphatic imine (C=N–C) groups is 1. The van der Waals surface area contributed by atoms with Gasteiger partial charge in [-0.2, -0.15) is 0 Å². The van der Waals surface area contributed by atoms with Crippen molar-refractivity contribution in [3.05, 3.63) is 48.0 Å². The lowest BCUT2D eigenvalue weighted by molar-refractivity contribution is 0.0404. The molecule has 0 fully saturated rings. The first-order valence-electron chi connectivity index (χ1n) is 9.09. The second-order valence-corrected chi connectivity index (χ2v) is 8.08. The SMILES string of the molecule is CC(O)(NC1=NCCCCCC1)c1ccc2sc3ccccc3c2c1. The van der Waals surface area contributed by atoms with E-state index in [9.17, 15) is 5.11 Å². The fourth-order valence-electron chi connectivity index (χ4n) is 3.53. The van der Waals surface area contributed by atoms with Crippen molar-refractivity contribution in [1.29, 1.82) is 0 Å². The zero-order valence-corrected chi connectivity index (χ0v) is 15.4. The average Bonchev–Trinajstić information content (AvgIpc) is 2.95. The van der Waals surface area contributed by atoms with Gasteiger partial charge in [-0.1, -0.05) is 37.1 Å². The third-order valence-corrected chi connectivity index (χ3v) is 6.10. The normalized spacial score (nSPS) is 18.4. The summed E-state index contributed by atoms with van der Waals surface area (Å²) in [6.45, 7) is 2.68. The van der Waals surface area contributed by atoms with Gasteiger partial charge in [0.2, 0.25) is 0 Å². The molecule has 0 amide bonds. The molecule has 4 heteroatoms. The highest BCUT2D eigenvalue weighted by Crippen LogP contribution is 2.35. The largest absolute Gasteiger partial charge is 0.367 e. The summed E-state index contributed by atoms with van der Waals surface area (Å²) in [7, 11) is 0. The van der Waals surface area contributed by atoms with Crippen molar-refractivity contribution in [3.63, 3.8) is 0 Å². The first kappa shape index (κ1) is 16.6. The van der Waals surface area contributed by atoms with Gasteiger partial charge in [0.05, 0.1) is 5.84 Å². The molecule has 25 heavy (non-hydrogen) atoms. The monoisotopic (exact) mass is 352 g/mol. The standard InChI is InChI=1S/C21H24N2OS/c1-21(24,23-20-10-4-2-3-7-13-22-20)15-11-12-19-17(14-15)16-8-5-6-9-18(16)25-19/h5-6,8-9,11-12,14,24H,2-4,7,10,13H2,1H3,(H,22,23). The van der Waals surface area contributed by atoms with Crippen molar-refractivity contribution in [2.45, 2.75) is 44.8 Å². The first-order chi connectivity index (χ1) is 12.1. The van der Waals surface area contributed by atoms with Crippen molar-refractivity contribution in [2.24, 2.45) is 4.99 Å². The van der Waals surface area contributed by atoms with Crippen LogP contribution in [-0.2, 0) is 5.72 Å². The maximum absolute atomic E-state index is 11.1. The van der Waals surface area contributed by atoms with E-state index in [1.807, 2.05) is 13.0 Å². The molecule has 2 N–H and O–H groups in total. The Labute approximate surface area is 152 Å². The van der Waals surface area contributed by atoms with E-state index in [2.05, 4.69) is 46.7 Å². The fraction of sp³-hybridized carbons (Fsp3) is 0.381. The molecular formula is C21H24N2OS. The molecule has 2 heterocycles. The molecule has 130 valence electrons. The highest BCUT2D eigenvalue weighted by molar-refractivity contribution is 7.25. The van der Waals surface area contributed by atoms with E-state index < -0.39 is 5.72 Å². The van der Waals surface area contributed by atoms with E-state index in [-0.39, 0.29) is 0 Å². The van der Waals surface area contributed by atoms with Crippen molar-refractivity contribution < 1.29 is 5.11 Å². The van der Waals surface area contributed by atoms with Gasteiger partial charge in [-0.3, -0.25) is 4.99 Å². The quantitative estimate of drug-likeness (QED) is 0.625. The molecule has 0 saturated carbocycles. The fourth-order valence-corrected chi connectivity index (χ4v) is 4.62. The second kappa shape index (κ2) is 6.77. The van der Waals surface area contributed by atoms with Gasteiger partial charge in [0.1, 0.15) is 0 Å². The zero-order valence-electron chi connectivity index (χ0n) is 14.6. The molecule has 3 aromatic rings. The molecule has 0 bridgehead atoms. The highest BCUT2D eigenvalue weighted by Gasteiger charge is 2.25. The van der Waals surface area contributed by atoms with E-state index in [1.54, 1.807) is 11.3 Å². The number of hydrogen-bond acceptors (Lipinski definition) is 4. The number of nitrogens with one attached hydrogen (secondary N) is 1. The van der Waals surface area contributed by atoms with Crippen LogP contribution in [0.5, 0.6) is 0 Å². The Morgan fingerprint density at radius 2 is 1.80 bits per heavy atom. The Bertz CT molecular complexity index is 926. The average molecular weight is 353 g/mol. The van der Waals surface area contributed by atoms with E-state index in [0.717, 1.165) is 37.2 Å². The smallest absolute Gasteiger partial charge is 0.159 e. The minimum absolute atomic E-state index is 0.854. The molecule has 1 atom stereocenters. The van der Waals surface area contributed by atoms with Crippen LogP contribution < -0.4 is 5.32 Å². The molecule has 0 saturated heterocycles. The number of hydrogen-bond donors (Lipinski definition) is 2.